The predicted molar refractivity (Wildman–Crippen MR) is 97.4 cm³/mol. The lowest BCUT2D eigenvalue weighted by atomic mass is 9.96. The lowest BCUT2D eigenvalue weighted by Crippen LogP contribution is -2.36. The molecule has 0 bridgehead atoms. The molecule has 0 saturated carbocycles. The quantitative estimate of drug-likeness (QED) is 0.824. The number of imidazole rings is 1. The monoisotopic (exact) mass is 359 g/mol. The van der Waals surface area contributed by atoms with Gasteiger partial charge in [-0.25, -0.2) is 4.98 Å². The molecule has 8 heteroatoms. The summed E-state index contributed by atoms with van der Waals surface area (Å²) in [7, 11) is 2.10. The number of likely N-dealkylation sites (tertiary alicyclic amines) is 2. The normalized spacial score (nSPS) is 21.5. The Balaban J connectivity index is 1.32. The summed E-state index contributed by atoms with van der Waals surface area (Å²) in [5.41, 5.74) is 1.18. The number of hydrogen-bond donors (Lipinski definition) is 2. The van der Waals surface area contributed by atoms with Crippen molar-refractivity contribution in [3.05, 3.63) is 29.9 Å². The molecule has 2 N–H and O–H groups in total. The number of aromatic amines is 1. The van der Waals surface area contributed by atoms with Gasteiger partial charge in [0, 0.05) is 44.5 Å². The highest BCUT2D eigenvalue weighted by atomic mass is 16.3. The Labute approximate surface area is 154 Å². The van der Waals surface area contributed by atoms with E-state index in [4.69, 9.17) is 0 Å². The van der Waals surface area contributed by atoms with Crippen molar-refractivity contribution in [1.82, 2.24) is 34.5 Å². The highest BCUT2D eigenvalue weighted by Gasteiger charge is 2.26. The van der Waals surface area contributed by atoms with Crippen molar-refractivity contribution < 1.29 is 5.11 Å². The van der Waals surface area contributed by atoms with Crippen LogP contribution in [0.3, 0.4) is 0 Å². The Morgan fingerprint density at radius 3 is 2.42 bits per heavy atom. The first-order valence-electron chi connectivity index (χ1n) is 9.67. The van der Waals surface area contributed by atoms with Gasteiger partial charge in [0.1, 0.15) is 11.6 Å². The number of rotatable bonds is 5. The van der Waals surface area contributed by atoms with Crippen LogP contribution in [0.2, 0.25) is 0 Å². The molecular weight excluding hydrogens is 330 g/mol. The van der Waals surface area contributed by atoms with Gasteiger partial charge in [0.25, 0.3) is 0 Å². The van der Waals surface area contributed by atoms with Crippen molar-refractivity contribution in [2.24, 2.45) is 7.05 Å². The van der Waals surface area contributed by atoms with Gasteiger partial charge in [-0.3, -0.25) is 9.80 Å². The number of piperidine rings is 2. The molecule has 0 spiro atoms. The fourth-order valence-corrected chi connectivity index (χ4v) is 4.11. The van der Waals surface area contributed by atoms with Crippen LogP contribution < -0.4 is 0 Å². The molecule has 2 aliphatic heterocycles. The maximum atomic E-state index is 9.65. The van der Waals surface area contributed by atoms with Crippen molar-refractivity contribution in [3.8, 4) is 0 Å². The van der Waals surface area contributed by atoms with Crippen LogP contribution in [-0.2, 0) is 20.1 Å². The highest BCUT2D eigenvalue weighted by molar-refractivity contribution is 5.04. The molecule has 142 valence electrons. The van der Waals surface area contributed by atoms with Crippen LogP contribution in [0, 0.1) is 0 Å². The minimum Gasteiger partial charge on any atom is -0.393 e. The van der Waals surface area contributed by atoms with Gasteiger partial charge in [-0.05, 0) is 38.8 Å². The Bertz CT molecular complexity index is 682. The minimum absolute atomic E-state index is 0.131. The summed E-state index contributed by atoms with van der Waals surface area (Å²) in [5, 5.41) is 18.6. The number of nitrogens with zero attached hydrogens (tertiary/aromatic N) is 6. The van der Waals surface area contributed by atoms with Crippen molar-refractivity contribution in [2.75, 3.05) is 26.2 Å². The Morgan fingerprint density at radius 2 is 1.73 bits per heavy atom. The topological polar surface area (TPSA) is 86.1 Å². The molecule has 0 unspecified atom stereocenters. The molecule has 4 heterocycles. The van der Waals surface area contributed by atoms with E-state index in [1.807, 2.05) is 6.20 Å². The van der Waals surface area contributed by atoms with Gasteiger partial charge in [0.2, 0.25) is 0 Å². The molecule has 0 atom stereocenters. The van der Waals surface area contributed by atoms with Crippen LogP contribution in [0.5, 0.6) is 0 Å². The zero-order valence-electron chi connectivity index (χ0n) is 15.5. The average molecular weight is 359 g/mol. The maximum Gasteiger partial charge on any atom is 0.146 e. The van der Waals surface area contributed by atoms with Crippen molar-refractivity contribution >= 4 is 0 Å². The third kappa shape index (κ3) is 3.97. The third-order valence-electron chi connectivity index (χ3n) is 5.82. The number of aliphatic hydroxyl groups excluding tert-OH is 1. The van der Waals surface area contributed by atoms with Crippen LogP contribution in [0.4, 0.5) is 0 Å². The first kappa shape index (κ1) is 17.6. The number of aliphatic hydroxyl groups is 1. The molecule has 26 heavy (non-hydrogen) atoms. The van der Waals surface area contributed by atoms with Gasteiger partial charge in [-0.2, -0.15) is 0 Å². The van der Waals surface area contributed by atoms with Gasteiger partial charge < -0.3 is 14.7 Å². The van der Waals surface area contributed by atoms with E-state index in [2.05, 4.69) is 41.6 Å². The molecule has 4 rings (SSSR count). The fourth-order valence-electron chi connectivity index (χ4n) is 4.11. The first-order valence-corrected chi connectivity index (χ1v) is 9.67. The van der Waals surface area contributed by atoms with Crippen molar-refractivity contribution in [1.29, 1.82) is 0 Å². The Kier molecular flexibility index (Phi) is 5.33. The summed E-state index contributed by atoms with van der Waals surface area (Å²) in [6.07, 6.45) is 7.48. The van der Waals surface area contributed by atoms with E-state index in [0.29, 0.717) is 5.92 Å². The predicted octanol–water partition coefficient (Wildman–Crippen LogP) is 0.874. The SMILES string of the molecule is Cn1c(CN2CCC(O)CC2)nnc1C1CCN(Cc2cnc[nH]2)CC1. The molecule has 0 radical (unpaired) electrons. The summed E-state index contributed by atoms with van der Waals surface area (Å²) >= 11 is 0. The molecule has 2 aromatic rings. The van der Waals surface area contributed by atoms with Crippen molar-refractivity contribution in [2.45, 2.75) is 50.8 Å². The second kappa shape index (κ2) is 7.85. The van der Waals surface area contributed by atoms with E-state index in [0.717, 1.165) is 76.6 Å². The molecule has 0 aromatic carbocycles. The van der Waals surface area contributed by atoms with E-state index in [1.54, 1.807) is 6.33 Å². The van der Waals surface area contributed by atoms with Crippen LogP contribution in [0.1, 0.15) is 48.9 Å². The zero-order valence-corrected chi connectivity index (χ0v) is 15.5. The smallest absolute Gasteiger partial charge is 0.146 e. The highest BCUT2D eigenvalue weighted by Crippen LogP contribution is 2.27. The summed E-state index contributed by atoms with van der Waals surface area (Å²) in [4.78, 5) is 12.1. The Morgan fingerprint density at radius 1 is 1.04 bits per heavy atom. The van der Waals surface area contributed by atoms with Crippen LogP contribution in [-0.4, -0.2) is 71.9 Å². The summed E-state index contributed by atoms with van der Waals surface area (Å²) in [6, 6.07) is 0. The van der Waals surface area contributed by atoms with Gasteiger partial charge >= 0.3 is 0 Å². The largest absolute Gasteiger partial charge is 0.393 e. The summed E-state index contributed by atoms with van der Waals surface area (Å²) in [6.45, 7) is 5.81. The van der Waals surface area contributed by atoms with E-state index in [1.165, 1.54) is 5.69 Å². The molecule has 2 aliphatic rings. The first-order chi connectivity index (χ1) is 12.7. The molecule has 0 aliphatic carbocycles. The zero-order chi connectivity index (χ0) is 17.9. The second-order valence-electron chi connectivity index (χ2n) is 7.67. The fraction of sp³-hybridized carbons (Fsp3) is 0.722. The van der Waals surface area contributed by atoms with Gasteiger partial charge in [-0.1, -0.05) is 0 Å². The molecule has 2 saturated heterocycles. The van der Waals surface area contributed by atoms with Crippen LogP contribution in [0.15, 0.2) is 12.5 Å². The number of nitrogens with one attached hydrogen (secondary N) is 1. The van der Waals surface area contributed by atoms with E-state index >= 15 is 0 Å². The maximum absolute atomic E-state index is 9.65. The molecule has 2 fully saturated rings. The van der Waals surface area contributed by atoms with E-state index in [9.17, 15) is 5.11 Å². The number of aromatic nitrogens is 5. The lowest BCUT2D eigenvalue weighted by molar-refractivity contribution is 0.0775. The van der Waals surface area contributed by atoms with E-state index < -0.39 is 0 Å². The standard InChI is InChI=1S/C18H29N7O/c1-23-17(12-25-8-4-16(26)5-9-25)21-22-18(23)14-2-6-24(7-3-14)11-15-10-19-13-20-15/h10,13-14,16,26H,2-9,11-12H2,1H3,(H,19,20). The summed E-state index contributed by atoms with van der Waals surface area (Å²) < 4.78 is 2.19. The van der Waals surface area contributed by atoms with Gasteiger partial charge in [0.05, 0.1) is 19.0 Å². The minimum atomic E-state index is -0.131. The molecule has 0 amide bonds. The Hall–Kier alpha value is -1.77. The van der Waals surface area contributed by atoms with E-state index in [-0.39, 0.29) is 6.10 Å². The lowest BCUT2D eigenvalue weighted by Gasteiger charge is -2.31. The number of H-pyrrole nitrogens is 1. The van der Waals surface area contributed by atoms with Crippen LogP contribution in [0.25, 0.3) is 0 Å². The third-order valence-corrected chi connectivity index (χ3v) is 5.82. The molecule has 2 aromatic heterocycles. The van der Waals surface area contributed by atoms with Gasteiger partial charge in [-0.15, -0.1) is 10.2 Å². The van der Waals surface area contributed by atoms with Crippen LogP contribution >= 0.6 is 0 Å². The molecular formula is C18H29N7O. The average Bonchev–Trinajstić information content (AvgIpc) is 3.28. The second-order valence-corrected chi connectivity index (χ2v) is 7.67. The molecule has 8 nitrogen and oxygen atoms in total. The number of hydrogen-bond acceptors (Lipinski definition) is 6. The summed E-state index contributed by atoms with van der Waals surface area (Å²) in [5.74, 6) is 2.65. The van der Waals surface area contributed by atoms with Gasteiger partial charge in [0.15, 0.2) is 0 Å². The van der Waals surface area contributed by atoms with Crippen molar-refractivity contribution in [3.63, 3.8) is 0 Å².